The van der Waals surface area contributed by atoms with E-state index in [0.29, 0.717) is 43.9 Å². The standard InChI is InChI=1S/C32H50BN5O6/c1-21(2)17-28(33-43-27-20-24-19-26(31(24,3)4)32(27,5)44-33)36-29(40)23(14-10-16-35-30(34)37-38(41)42)18-25(39)15-9-13-22-11-7-6-8-12-22/h6-8,11-12,21,23-24,26-28H,9-10,13-20H2,1-5H3,(H,36,40)(H3,34,35,37)/t23-,24-,26-,27-,28+,32+/m1/s1. The van der Waals surface area contributed by atoms with Gasteiger partial charge in [-0.3, -0.25) is 9.59 Å². The van der Waals surface area contributed by atoms with Crippen LogP contribution in [0.4, 0.5) is 0 Å². The lowest BCUT2D eigenvalue weighted by Gasteiger charge is -2.64. The minimum atomic E-state index is -0.772. The van der Waals surface area contributed by atoms with Crippen molar-refractivity contribution in [1.82, 2.24) is 10.7 Å². The number of amides is 1. The Bertz CT molecular complexity index is 1200. The van der Waals surface area contributed by atoms with Crippen molar-refractivity contribution in [2.24, 2.45) is 39.8 Å². The van der Waals surface area contributed by atoms with Gasteiger partial charge in [0.05, 0.1) is 17.6 Å². The summed E-state index contributed by atoms with van der Waals surface area (Å²) in [5, 5.41) is 13.1. The van der Waals surface area contributed by atoms with Gasteiger partial charge in [0, 0.05) is 25.3 Å². The average Bonchev–Trinajstić information content (AvgIpc) is 3.31. The van der Waals surface area contributed by atoms with Crippen molar-refractivity contribution in [3.05, 3.63) is 46.0 Å². The van der Waals surface area contributed by atoms with Crippen LogP contribution in [0, 0.1) is 39.2 Å². The summed E-state index contributed by atoms with van der Waals surface area (Å²) < 4.78 is 13.3. The van der Waals surface area contributed by atoms with Crippen molar-refractivity contribution in [2.45, 2.75) is 110 Å². The number of benzene rings is 1. The number of nitrogens with zero attached hydrogens (tertiary/aromatic N) is 2. The molecule has 0 spiro atoms. The van der Waals surface area contributed by atoms with E-state index >= 15 is 0 Å². The van der Waals surface area contributed by atoms with Gasteiger partial charge in [-0.1, -0.05) is 63.5 Å². The van der Waals surface area contributed by atoms with Crippen LogP contribution in [0.1, 0.15) is 91.5 Å². The van der Waals surface area contributed by atoms with Crippen LogP contribution in [-0.2, 0) is 25.3 Å². The van der Waals surface area contributed by atoms with E-state index in [4.69, 9.17) is 15.0 Å². The van der Waals surface area contributed by atoms with Crippen molar-refractivity contribution in [3.8, 4) is 0 Å². The van der Waals surface area contributed by atoms with E-state index in [1.165, 1.54) is 5.56 Å². The van der Waals surface area contributed by atoms with Crippen LogP contribution in [0.3, 0.4) is 0 Å². The molecule has 5 rings (SSSR count). The normalized spacial score (nSPS) is 26.8. The van der Waals surface area contributed by atoms with Crippen molar-refractivity contribution in [1.29, 1.82) is 0 Å². The molecule has 1 heterocycles. The number of guanidine groups is 1. The monoisotopic (exact) mass is 611 g/mol. The zero-order valence-corrected chi connectivity index (χ0v) is 26.9. The van der Waals surface area contributed by atoms with Gasteiger partial charge >= 0.3 is 7.12 Å². The van der Waals surface area contributed by atoms with E-state index in [1.54, 1.807) is 0 Å². The van der Waals surface area contributed by atoms with Crippen LogP contribution < -0.4 is 16.5 Å². The highest BCUT2D eigenvalue weighted by Crippen LogP contribution is 2.65. The average molecular weight is 612 g/mol. The highest BCUT2D eigenvalue weighted by atomic mass is 16.7. The van der Waals surface area contributed by atoms with E-state index in [2.05, 4.69) is 44.9 Å². The number of aliphatic imine (C=N–C) groups is 1. The third kappa shape index (κ3) is 8.18. The number of hydrogen-bond acceptors (Lipinski definition) is 7. The van der Waals surface area contributed by atoms with Gasteiger partial charge < -0.3 is 20.4 Å². The molecule has 4 aliphatic rings. The number of hydrazine groups is 1. The maximum Gasteiger partial charge on any atom is 0.481 e. The summed E-state index contributed by atoms with van der Waals surface area (Å²) in [5.41, 5.74) is 8.38. The van der Waals surface area contributed by atoms with Crippen LogP contribution in [0.2, 0.25) is 0 Å². The zero-order valence-electron chi connectivity index (χ0n) is 26.9. The highest BCUT2D eigenvalue weighted by molar-refractivity contribution is 6.47. The molecule has 1 aliphatic heterocycles. The van der Waals surface area contributed by atoms with Gasteiger partial charge in [-0.15, -0.1) is 0 Å². The first-order valence-corrected chi connectivity index (χ1v) is 16.2. The number of nitrogens with two attached hydrogens (primary N) is 1. The Morgan fingerprint density at radius 1 is 1.18 bits per heavy atom. The number of hydrogen-bond donors (Lipinski definition) is 3. The molecule has 0 unspecified atom stereocenters. The minimum Gasteiger partial charge on any atom is -0.404 e. The summed E-state index contributed by atoms with van der Waals surface area (Å²) in [7, 11) is -0.550. The molecule has 1 amide bonds. The molecular weight excluding hydrogens is 561 g/mol. The molecule has 12 heteroatoms. The molecule has 1 saturated heterocycles. The van der Waals surface area contributed by atoms with Gasteiger partial charge in [0.25, 0.3) is 5.96 Å². The van der Waals surface area contributed by atoms with E-state index in [-0.39, 0.29) is 59.6 Å². The Kier molecular flexibility index (Phi) is 11.1. The Morgan fingerprint density at radius 2 is 1.91 bits per heavy atom. The van der Waals surface area contributed by atoms with Gasteiger partial charge in [-0.05, 0) is 80.6 Å². The molecule has 242 valence electrons. The SMILES string of the molecule is CC(C)C[C@H](NC(=O)[C@H](CCCN=C(N)N[N+](=O)[O-])CC(=O)CCCc1ccccc1)B1O[C@@H]2C[C@H]3C[C@H](C3(C)C)[C@]2(C)O1. The van der Waals surface area contributed by atoms with Crippen LogP contribution in [0.5, 0.6) is 0 Å². The maximum atomic E-state index is 13.8. The van der Waals surface area contributed by atoms with Gasteiger partial charge in [0.1, 0.15) is 5.78 Å². The second-order valence-corrected chi connectivity index (χ2v) is 14.1. The van der Waals surface area contributed by atoms with Gasteiger partial charge in [0.15, 0.2) is 5.03 Å². The van der Waals surface area contributed by atoms with E-state index in [9.17, 15) is 19.7 Å². The molecule has 3 saturated carbocycles. The van der Waals surface area contributed by atoms with E-state index in [0.717, 1.165) is 19.3 Å². The van der Waals surface area contributed by atoms with Crippen molar-refractivity contribution in [3.63, 3.8) is 0 Å². The van der Waals surface area contributed by atoms with Crippen molar-refractivity contribution in [2.75, 3.05) is 6.54 Å². The highest BCUT2D eigenvalue weighted by Gasteiger charge is 2.68. The predicted molar refractivity (Wildman–Crippen MR) is 170 cm³/mol. The summed E-state index contributed by atoms with van der Waals surface area (Å²) in [4.78, 5) is 41.5. The number of nitro groups is 1. The smallest absolute Gasteiger partial charge is 0.404 e. The molecule has 0 aromatic heterocycles. The number of ketones is 1. The topological polar surface area (TPSA) is 158 Å². The Balaban J connectivity index is 1.40. The van der Waals surface area contributed by atoms with Crippen LogP contribution in [0.25, 0.3) is 0 Å². The van der Waals surface area contributed by atoms with Crippen LogP contribution in [0.15, 0.2) is 35.3 Å². The number of aryl methyl sites for hydroxylation is 1. The van der Waals surface area contributed by atoms with Gasteiger partial charge in [-0.25, -0.2) is 15.1 Å². The van der Waals surface area contributed by atoms with Crippen LogP contribution in [-0.4, -0.2) is 54.0 Å². The lowest BCUT2D eigenvalue weighted by Crippen LogP contribution is -2.65. The molecule has 1 aromatic carbocycles. The van der Waals surface area contributed by atoms with Crippen LogP contribution >= 0.6 is 0 Å². The van der Waals surface area contributed by atoms with Gasteiger partial charge in [0.2, 0.25) is 5.91 Å². The first kappa shape index (κ1) is 33.9. The second-order valence-electron chi connectivity index (χ2n) is 14.1. The Morgan fingerprint density at radius 3 is 2.57 bits per heavy atom. The summed E-state index contributed by atoms with van der Waals surface area (Å²) in [6.07, 6.45) is 5.66. The van der Waals surface area contributed by atoms with Gasteiger partial charge in [-0.2, -0.15) is 0 Å². The Hall–Kier alpha value is -2.99. The largest absolute Gasteiger partial charge is 0.481 e. The third-order valence-corrected chi connectivity index (χ3v) is 10.2. The first-order chi connectivity index (χ1) is 20.8. The minimum absolute atomic E-state index is 0.00826. The number of rotatable bonds is 16. The molecule has 4 fully saturated rings. The second kappa shape index (κ2) is 14.4. The lowest BCUT2D eigenvalue weighted by molar-refractivity contribution is -0.525. The molecular formula is C32H50BN5O6. The lowest BCUT2D eigenvalue weighted by atomic mass is 9.43. The Labute approximate surface area is 261 Å². The summed E-state index contributed by atoms with van der Waals surface area (Å²) in [6.45, 7) is 11.2. The fourth-order valence-corrected chi connectivity index (χ4v) is 7.62. The molecule has 3 aliphatic carbocycles. The van der Waals surface area contributed by atoms with E-state index in [1.807, 2.05) is 35.8 Å². The van der Waals surface area contributed by atoms with Crippen molar-refractivity contribution < 1.29 is 23.9 Å². The third-order valence-electron chi connectivity index (χ3n) is 10.2. The molecule has 44 heavy (non-hydrogen) atoms. The number of Topliss-reactive ketones (excluding diaryl/α,β-unsaturated/α-hetero) is 1. The molecule has 4 N–H and O–H groups in total. The molecule has 11 nitrogen and oxygen atoms in total. The quantitative estimate of drug-likeness (QED) is 0.0625. The number of carbonyl (C=O) groups is 2. The van der Waals surface area contributed by atoms with E-state index < -0.39 is 18.1 Å². The molecule has 6 atom stereocenters. The van der Waals surface area contributed by atoms with Crippen molar-refractivity contribution >= 4 is 24.8 Å². The number of carbonyl (C=O) groups excluding carboxylic acids is 2. The number of nitrogens with one attached hydrogen (secondary N) is 2. The molecule has 1 aromatic rings. The maximum absolute atomic E-state index is 13.8. The first-order valence-electron chi connectivity index (χ1n) is 16.2. The molecule has 2 bridgehead atoms. The predicted octanol–water partition coefficient (Wildman–Crippen LogP) is 4.26. The fourth-order valence-electron chi connectivity index (χ4n) is 7.62. The summed E-state index contributed by atoms with van der Waals surface area (Å²) in [6, 6.07) is 10.0. The fraction of sp³-hybridized carbons (Fsp3) is 0.719. The zero-order chi connectivity index (χ0) is 32.1. The summed E-state index contributed by atoms with van der Waals surface area (Å²) in [5.74, 6) is -0.0516. The summed E-state index contributed by atoms with van der Waals surface area (Å²) >= 11 is 0. The molecule has 0 radical (unpaired) electrons.